The highest BCUT2D eigenvalue weighted by Crippen LogP contribution is 2.33. The number of guanidine groups is 1. The van der Waals surface area contributed by atoms with Gasteiger partial charge in [-0.05, 0) is 56.0 Å². The second-order valence-corrected chi connectivity index (χ2v) is 8.67. The number of rotatable bonds is 5. The zero-order chi connectivity index (χ0) is 22.1. The van der Waals surface area contributed by atoms with Crippen LogP contribution in [0.15, 0.2) is 34.1 Å². The largest absolute Gasteiger partial charge is 0.381 e. The van der Waals surface area contributed by atoms with E-state index in [4.69, 9.17) is 11.6 Å². The van der Waals surface area contributed by atoms with Gasteiger partial charge in [0.05, 0.1) is 28.0 Å². The van der Waals surface area contributed by atoms with E-state index in [1.807, 2.05) is 5.01 Å². The summed E-state index contributed by atoms with van der Waals surface area (Å²) in [5.74, 6) is 1.28. The maximum atomic E-state index is 9.58. The second-order valence-electron chi connectivity index (χ2n) is 8.29. The predicted molar refractivity (Wildman–Crippen MR) is 122 cm³/mol. The molecule has 3 heterocycles. The summed E-state index contributed by atoms with van der Waals surface area (Å²) in [6.45, 7) is 2.39. The third kappa shape index (κ3) is 4.27. The van der Waals surface area contributed by atoms with Crippen LogP contribution in [0.4, 0.5) is 11.4 Å². The highest BCUT2D eigenvalue weighted by atomic mass is 35.5. The highest BCUT2D eigenvalue weighted by Gasteiger charge is 2.38. The highest BCUT2D eigenvalue weighted by molar-refractivity contribution is 6.36. The van der Waals surface area contributed by atoms with Crippen molar-refractivity contribution in [3.63, 3.8) is 0 Å². The second kappa shape index (κ2) is 8.77. The van der Waals surface area contributed by atoms with E-state index >= 15 is 0 Å². The van der Waals surface area contributed by atoms with Gasteiger partial charge in [0, 0.05) is 12.1 Å². The van der Waals surface area contributed by atoms with Crippen molar-refractivity contribution in [2.75, 3.05) is 30.3 Å². The van der Waals surface area contributed by atoms with E-state index in [1.54, 1.807) is 18.3 Å². The summed E-state index contributed by atoms with van der Waals surface area (Å²) in [6, 6.07) is 8.57. The molecule has 2 fully saturated rings. The summed E-state index contributed by atoms with van der Waals surface area (Å²) in [5.41, 5.74) is 5.70. The predicted octanol–water partition coefficient (Wildman–Crippen LogP) is 0.703. The van der Waals surface area contributed by atoms with Crippen LogP contribution in [0.25, 0.3) is 0 Å². The summed E-state index contributed by atoms with van der Waals surface area (Å²) < 4.78 is 0. The van der Waals surface area contributed by atoms with Gasteiger partial charge >= 0.3 is 0 Å². The molecule has 164 valence electrons. The van der Waals surface area contributed by atoms with Crippen molar-refractivity contribution in [2.45, 2.75) is 37.8 Å². The number of fused-ring (bicyclic) bond motifs is 1. The quantitative estimate of drug-likeness (QED) is 0.446. The molecule has 1 aromatic rings. The Morgan fingerprint density at radius 2 is 1.88 bits per heavy atom. The Morgan fingerprint density at radius 1 is 1.09 bits per heavy atom. The molecule has 11 heteroatoms. The van der Waals surface area contributed by atoms with Crippen LogP contribution >= 0.6 is 11.6 Å². The number of hydrogen-bond acceptors (Lipinski definition) is 9. The van der Waals surface area contributed by atoms with Crippen molar-refractivity contribution >= 4 is 34.8 Å². The molecule has 5 N–H and O–H groups in total. The number of hydrazine groups is 1. The number of nitriles is 2. The number of halogens is 1. The van der Waals surface area contributed by atoms with E-state index in [1.165, 1.54) is 0 Å². The average Bonchev–Trinajstić information content (AvgIpc) is 3.54. The lowest BCUT2D eigenvalue weighted by Crippen LogP contribution is -3.10. The maximum Gasteiger partial charge on any atom is 0.273 e. The zero-order valence-corrected chi connectivity index (χ0v) is 18.2. The molecule has 1 aliphatic carbocycles. The fraction of sp³-hybridized carbons (Fsp3) is 0.429. The molecule has 0 amide bonds. The monoisotopic (exact) mass is 451 g/mol. The fourth-order valence-electron chi connectivity index (χ4n) is 3.96. The third-order valence-electron chi connectivity index (χ3n) is 5.84. The van der Waals surface area contributed by atoms with Crippen molar-refractivity contribution < 1.29 is 5.01 Å². The van der Waals surface area contributed by atoms with E-state index in [2.05, 4.69) is 43.6 Å². The number of allylic oxidation sites excluding steroid dienone is 1. The smallest absolute Gasteiger partial charge is 0.273 e. The number of amidine groups is 1. The topological polar surface area (TPSA) is 128 Å². The SMILES string of the molecule is N#CC1=CN=C2CN(NC3CC3)C(Nc3cc(C#N)cc(NC4CCNCC4)c3Cl)=N[NH+]12. The Morgan fingerprint density at radius 3 is 2.59 bits per heavy atom. The molecule has 0 bridgehead atoms. The lowest BCUT2D eigenvalue weighted by Gasteiger charge is -2.30. The van der Waals surface area contributed by atoms with Crippen LogP contribution in [0, 0.1) is 22.7 Å². The number of nitrogens with zero attached hydrogens (tertiary/aromatic N) is 5. The number of hydrogen-bond donors (Lipinski definition) is 5. The summed E-state index contributed by atoms with van der Waals surface area (Å²) >= 11 is 6.77. The molecular formula is C21H24ClN10+. The number of quaternary nitrogens is 1. The van der Waals surface area contributed by atoms with E-state index in [0.29, 0.717) is 51.6 Å². The summed E-state index contributed by atoms with van der Waals surface area (Å²) in [5, 5.41) is 36.8. The summed E-state index contributed by atoms with van der Waals surface area (Å²) in [6.07, 6.45) is 5.74. The van der Waals surface area contributed by atoms with Gasteiger partial charge in [0.15, 0.2) is 6.07 Å². The Bertz CT molecular complexity index is 1090. The molecule has 1 saturated heterocycles. The Labute approximate surface area is 191 Å². The fourth-order valence-corrected chi connectivity index (χ4v) is 4.17. The van der Waals surface area contributed by atoms with Crippen molar-refractivity contribution in [3.8, 4) is 12.1 Å². The normalized spacial score (nSPS) is 22.8. The molecule has 4 aliphatic rings. The third-order valence-corrected chi connectivity index (χ3v) is 6.25. The van der Waals surface area contributed by atoms with Crippen molar-refractivity contribution in [1.29, 1.82) is 10.5 Å². The van der Waals surface area contributed by atoms with Crippen molar-refractivity contribution in [1.82, 2.24) is 15.8 Å². The molecule has 32 heavy (non-hydrogen) atoms. The molecule has 1 saturated carbocycles. The maximum absolute atomic E-state index is 9.58. The number of nitrogens with one attached hydrogen (secondary N) is 5. The molecule has 0 spiro atoms. The molecule has 1 unspecified atom stereocenters. The first-order chi connectivity index (χ1) is 15.6. The number of piperidine rings is 1. The van der Waals surface area contributed by atoms with E-state index < -0.39 is 0 Å². The van der Waals surface area contributed by atoms with Crippen LogP contribution in [0.3, 0.4) is 0 Å². The standard InChI is InChI=1S/C21H23ClN10/c22-20-17(27-14-3-5-25-6-4-14)7-13(9-23)8-18(20)28-21-30-32-16(10-24)11-26-19(32)12-31(21)29-15-1-2-15/h7-8,11,14-15,25,27,29H,1-6,12H2,(H,28,30)/p+1. The van der Waals surface area contributed by atoms with Crippen molar-refractivity contribution in [2.24, 2.45) is 10.1 Å². The molecular weight excluding hydrogens is 428 g/mol. The van der Waals surface area contributed by atoms with Gasteiger partial charge < -0.3 is 16.0 Å². The van der Waals surface area contributed by atoms with Gasteiger partial charge in [0.1, 0.15) is 12.7 Å². The van der Waals surface area contributed by atoms with E-state index in [9.17, 15) is 10.5 Å². The van der Waals surface area contributed by atoms with Crippen LogP contribution in [0.1, 0.15) is 31.2 Å². The van der Waals surface area contributed by atoms with Gasteiger partial charge in [0.25, 0.3) is 17.5 Å². The molecule has 5 rings (SSSR count). The van der Waals surface area contributed by atoms with Gasteiger partial charge in [-0.25, -0.2) is 5.43 Å². The molecule has 1 atom stereocenters. The van der Waals surface area contributed by atoms with Crippen LogP contribution in [-0.4, -0.2) is 48.5 Å². The van der Waals surface area contributed by atoms with Crippen molar-refractivity contribution in [3.05, 3.63) is 34.6 Å². The number of benzene rings is 1. The van der Waals surface area contributed by atoms with Crippen LogP contribution in [-0.2, 0) is 0 Å². The van der Waals surface area contributed by atoms with Crippen LogP contribution in [0.5, 0.6) is 0 Å². The van der Waals surface area contributed by atoms with E-state index in [-0.39, 0.29) is 0 Å². The molecule has 10 nitrogen and oxygen atoms in total. The minimum absolute atomic E-state index is 0.298. The first-order valence-electron chi connectivity index (χ1n) is 10.8. The number of anilines is 2. The molecule has 3 aliphatic heterocycles. The summed E-state index contributed by atoms with van der Waals surface area (Å²) in [4.78, 5) is 4.35. The molecule has 1 aromatic carbocycles. The first kappa shape index (κ1) is 20.7. The average molecular weight is 452 g/mol. The lowest BCUT2D eigenvalue weighted by molar-refractivity contribution is -0.765. The van der Waals surface area contributed by atoms with E-state index in [0.717, 1.165) is 50.3 Å². The molecule has 0 radical (unpaired) electrons. The Kier molecular flexibility index (Phi) is 5.68. The number of aliphatic imine (C=N–C) groups is 1. The van der Waals surface area contributed by atoms with Gasteiger partial charge in [-0.2, -0.15) is 15.5 Å². The summed E-state index contributed by atoms with van der Waals surface area (Å²) in [7, 11) is 0. The Balaban J connectivity index is 1.44. The lowest BCUT2D eigenvalue weighted by atomic mass is 10.1. The Hall–Kier alpha value is -3.15. The van der Waals surface area contributed by atoms with Gasteiger partial charge in [-0.1, -0.05) is 11.6 Å². The zero-order valence-electron chi connectivity index (χ0n) is 17.5. The minimum Gasteiger partial charge on any atom is -0.381 e. The van der Waals surface area contributed by atoms with Crippen LogP contribution < -0.4 is 26.4 Å². The van der Waals surface area contributed by atoms with Gasteiger partial charge in [0.2, 0.25) is 0 Å². The molecule has 0 aromatic heterocycles. The first-order valence-corrected chi connectivity index (χ1v) is 11.2. The van der Waals surface area contributed by atoms with Crippen LogP contribution in [0.2, 0.25) is 5.02 Å². The van der Waals surface area contributed by atoms with Gasteiger partial charge in [-0.3, -0.25) is 5.01 Å². The van der Waals surface area contributed by atoms with Gasteiger partial charge in [-0.15, -0.1) is 5.01 Å². The minimum atomic E-state index is 0.298.